The third kappa shape index (κ3) is 2.05. The monoisotopic (exact) mass is 247 g/mol. The quantitative estimate of drug-likeness (QED) is 0.840. The van der Waals surface area contributed by atoms with Gasteiger partial charge in [-0.25, -0.2) is 9.07 Å². The summed E-state index contributed by atoms with van der Waals surface area (Å²) in [6.45, 7) is 2.95. The van der Waals surface area contributed by atoms with E-state index >= 15 is 0 Å². The number of anilines is 1. The maximum absolute atomic E-state index is 13.3. The van der Waals surface area contributed by atoms with Crippen LogP contribution in [0.2, 0.25) is 0 Å². The Bertz CT molecular complexity index is 568. The molecule has 1 aromatic carbocycles. The predicted molar refractivity (Wildman–Crippen MR) is 65.0 cm³/mol. The molecule has 0 spiro atoms. The fourth-order valence-electron chi connectivity index (χ4n) is 1.99. The maximum atomic E-state index is 13.3. The first-order chi connectivity index (χ1) is 8.56. The van der Waals surface area contributed by atoms with Gasteiger partial charge in [-0.1, -0.05) is 6.92 Å². The normalized spacial score (nSPS) is 16.8. The van der Waals surface area contributed by atoms with Crippen molar-refractivity contribution in [2.75, 3.05) is 5.73 Å². The molecule has 2 aromatic rings. The number of hydrogen-bond acceptors (Lipinski definition) is 4. The van der Waals surface area contributed by atoms with Crippen molar-refractivity contribution in [3.8, 4) is 11.4 Å². The van der Waals surface area contributed by atoms with E-state index in [1.165, 1.54) is 25.0 Å². The molecule has 5 nitrogen and oxygen atoms in total. The molecule has 1 heterocycles. The number of hydrogen-bond donors (Lipinski definition) is 1. The number of benzene rings is 1. The second kappa shape index (κ2) is 3.76. The van der Waals surface area contributed by atoms with Crippen LogP contribution in [0.1, 0.15) is 19.8 Å². The molecule has 1 aliphatic rings. The first-order valence-electron chi connectivity index (χ1n) is 5.88. The zero-order valence-electron chi connectivity index (χ0n) is 10.1. The highest BCUT2D eigenvalue weighted by Gasteiger charge is 2.38. The highest BCUT2D eigenvalue weighted by Crippen LogP contribution is 2.46. The molecule has 0 atom stereocenters. The molecular weight excluding hydrogens is 233 g/mol. The number of nitrogens with zero attached hydrogens (tertiary/aromatic N) is 4. The molecule has 0 saturated heterocycles. The number of halogens is 1. The third-order valence-corrected chi connectivity index (χ3v) is 3.35. The second-order valence-corrected chi connectivity index (χ2v) is 5.24. The van der Waals surface area contributed by atoms with Gasteiger partial charge >= 0.3 is 0 Å². The van der Waals surface area contributed by atoms with Crippen LogP contribution in [0.3, 0.4) is 0 Å². The van der Waals surface area contributed by atoms with Gasteiger partial charge in [-0.15, -0.1) is 5.10 Å². The second-order valence-electron chi connectivity index (χ2n) is 5.24. The van der Waals surface area contributed by atoms with E-state index in [1.807, 2.05) is 0 Å². The Hall–Kier alpha value is -1.98. The highest BCUT2D eigenvalue weighted by atomic mass is 19.1. The van der Waals surface area contributed by atoms with Crippen LogP contribution in [0.5, 0.6) is 0 Å². The summed E-state index contributed by atoms with van der Waals surface area (Å²) in [6, 6.07) is 4.36. The predicted octanol–water partition coefficient (Wildman–Crippen LogP) is 1.86. The summed E-state index contributed by atoms with van der Waals surface area (Å²) in [5, 5.41) is 11.6. The van der Waals surface area contributed by atoms with Crippen LogP contribution in [0.15, 0.2) is 18.2 Å². The molecule has 1 fully saturated rings. The number of rotatable bonds is 3. The van der Waals surface area contributed by atoms with Crippen LogP contribution in [-0.4, -0.2) is 20.2 Å². The molecule has 1 aliphatic carbocycles. The molecule has 1 aromatic heterocycles. The van der Waals surface area contributed by atoms with E-state index < -0.39 is 0 Å². The Balaban J connectivity index is 1.98. The van der Waals surface area contributed by atoms with Crippen molar-refractivity contribution in [3.63, 3.8) is 0 Å². The number of tetrazole rings is 1. The number of nitrogens with two attached hydrogens (primary N) is 1. The van der Waals surface area contributed by atoms with Crippen molar-refractivity contribution in [1.29, 1.82) is 0 Å². The zero-order valence-corrected chi connectivity index (χ0v) is 10.1. The van der Waals surface area contributed by atoms with Gasteiger partial charge < -0.3 is 5.73 Å². The molecule has 1 saturated carbocycles. The topological polar surface area (TPSA) is 69.6 Å². The van der Waals surface area contributed by atoms with E-state index in [-0.39, 0.29) is 11.2 Å². The SMILES string of the molecule is CC1(Cn2nnnc2-c2cc(N)cc(F)c2)CC1. The Morgan fingerprint density at radius 3 is 2.83 bits per heavy atom. The van der Waals surface area contributed by atoms with Crippen molar-refractivity contribution < 1.29 is 4.39 Å². The summed E-state index contributed by atoms with van der Waals surface area (Å²) in [5.74, 6) is 0.187. The molecule has 3 rings (SSSR count). The maximum Gasteiger partial charge on any atom is 0.182 e. The smallest absolute Gasteiger partial charge is 0.182 e. The largest absolute Gasteiger partial charge is 0.399 e. The minimum absolute atomic E-state index is 0.281. The van der Waals surface area contributed by atoms with Crippen LogP contribution in [0.25, 0.3) is 11.4 Å². The molecule has 18 heavy (non-hydrogen) atoms. The Morgan fingerprint density at radius 1 is 1.39 bits per heavy atom. The molecule has 0 unspecified atom stereocenters. The van der Waals surface area contributed by atoms with Gasteiger partial charge in [-0.05, 0) is 46.9 Å². The van der Waals surface area contributed by atoms with Crippen LogP contribution in [0, 0.1) is 11.2 Å². The van der Waals surface area contributed by atoms with E-state index in [1.54, 1.807) is 10.7 Å². The van der Waals surface area contributed by atoms with E-state index in [2.05, 4.69) is 22.4 Å². The third-order valence-electron chi connectivity index (χ3n) is 3.35. The fraction of sp³-hybridized carbons (Fsp3) is 0.417. The van der Waals surface area contributed by atoms with Crippen molar-refractivity contribution in [2.24, 2.45) is 5.41 Å². The van der Waals surface area contributed by atoms with Crippen molar-refractivity contribution in [3.05, 3.63) is 24.0 Å². The minimum Gasteiger partial charge on any atom is -0.399 e. The minimum atomic E-state index is -0.378. The van der Waals surface area contributed by atoms with Gasteiger partial charge in [-0.2, -0.15) is 0 Å². The molecule has 6 heteroatoms. The van der Waals surface area contributed by atoms with Crippen LogP contribution in [0.4, 0.5) is 10.1 Å². The standard InChI is InChI=1S/C12H14FN5/c1-12(2-3-12)7-18-11(15-16-17-18)8-4-9(13)6-10(14)5-8/h4-6H,2-3,7,14H2,1H3. The summed E-state index contributed by atoms with van der Waals surface area (Å²) in [5.41, 5.74) is 6.90. The summed E-state index contributed by atoms with van der Waals surface area (Å²) in [6.07, 6.45) is 2.36. The summed E-state index contributed by atoms with van der Waals surface area (Å²) in [4.78, 5) is 0. The van der Waals surface area contributed by atoms with Crippen molar-refractivity contribution in [2.45, 2.75) is 26.3 Å². The lowest BCUT2D eigenvalue weighted by molar-refractivity contribution is 0.427. The molecular formula is C12H14FN5. The number of nitrogen functional groups attached to an aromatic ring is 1. The van der Waals surface area contributed by atoms with Gasteiger partial charge in [0.1, 0.15) is 5.82 Å². The lowest BCUT2D eigenvalue weighted by Crippen LogP contribution is -2.11. The Kier molecular flexibility index (Phi) is 2.33. The molecule has 0 amide bonds. The van der Waals surface area contributed by atoms with Gasteiger partial charge in [0.2, 0.25) is 0 Å². The number of aromatic nitrogens is 4. The zero-order chi connectivity index (χ0) is 12.8. The highest BCUT2D eigenvalue weighted by molar-refractivity contribution is 5.61. The first kappa shape index (κ1) is 11.1. The summed E-state index contributed by atoms with van der Waals surface area (Å²) < 4.78 is 15.1. The lowest BCUT2D eigenvalue weighted by atomic mass is 10.1. The summed E-state index contributed by atoms with van der Waals surface area (Å²) in [7, 11) is 0. The average molecular weight is 247 g/mol. The van der Waals surface area contributed by atoms with E-state index in [0.29, 0.717) is 17.1 Å². The van der Waals surface area contributed by atoms with Crippen LogP contribution in [-0.2, 0) is 6.54 Å². The Labute approximate surface area is 104 Å². The van der Waals surface area contributed by atoms with Crippen LogP contribution < -0.4 is 5.73 Å². The Morgan fingerprint density at radius 2 is 2.17 bits per heavy atom. The molecule has 2 N–H and O–H groups in total. The van der Waals surface area contributed by atoms with Crippen molar-refractivity contribution in [1.82, 2.24) is 20.2 Å². The lowest BCUT2D eigenvalue weighted by Gasteiger charge is -2.09. The van der Waals surface area contributed by atoms with Gasteiger partial charge in [0, 0.05) is 11.3 Å². The first-order valence-corrected chi connectivity index (χ1v) is 5.88. The van der Waals surface area contributed by atoms with E-state index in [4.69, 9.17) is 5.73 Å². The van der Waals surface area contributed by atoms with Gasteiger partial charge in [-0.3, -0.25) is 0 Å². The molecule has 0 aliphatic heterocycles. The fourth-order valence-corrected chi connectivity index (χ4v) is 1.99. The van der Waals surface area contributed by atoms with Crippen molar-refractivity contribution >= 4 is 5.69 Å². The average Bonchev–Trinajstić information content (AvgIpc) is 2.85. The van der Waals surface area contributed by atoms with Crippen LogP contribution >= 0.6 is 0 Å². The molecule has 0 bridgehead atoms. The summed E-state index contributed by atoms with van der Waals surface area (Å²) >= 11 is 0. The van der Waals surface area contributed by atoms with Gasteiger partial charge in [0.25, 0.3) is 0 Å². The van der Waals surface area contributed by atoms with Gasteiger partial charge in [0.15, 0.2) is 5.82 Å². The van der Waals surface area contributed by atoms with E-state index in [0.717, 1.165) is 6.54 Å². The molecule has 94 valence electrons. The van der Waals surface area contributed by atoms with E-state index in [9.17, 15) is 4.39 Å². The van der Waals surface area contributed by atoms with Gasteiger partial charge in [0.05, 0.1) is 6.54 Å². The molecule has 0 radical (unpaired) electrons.